The summed E-state index contributed by atoms with van der Waals surface area (Å²) >= 11 is 13.3. The summed E-state index contributed by atoms with van der Waals surface area (Å²) in [7, 11) is 0. The van der Waals surface area contributed by atoms with Crippen LogP contribution in [0.3, 0.4) is 0 Å². The number of H-pyrrole nitrogens is 2. The van der Waals surface area contributed by atoms with Crippen molar-refractivity contribution in [2.75, 3.05) is 12.4 Å². The quantitative estimate of drug-likeness (QED) is 0.405. The fourth-order valence-corrected chi connectivity index (χ4v) is 3.59. The predicted octanol–water partition coefficient (Wildman–Crippen LogP) is 3.84. The number of aromatic amines is 2. The molecule has 0 fully saturated rings. The lowest BCUT2D eigenvalue weighted by Gasteiger charge is -2.11. The zero-order valence-electron chi connectivity index (χ0n) is 13.7. The molecule has 140 valence electrons. The van der Waals surface area contributed by atoms with Crippen LogP contribution >= 0.6 is 35.0 Å². The van der Waals surface area contributed by atoms with Crippen molar-refractivity contribution in [1.82, 2.24) is 15.0 Å². The summed E-state index contributed by atoms with van der Waals surface area (Å²) in [4.78, 5) is 21.2. The molecule has 0 aliphatic heterocycles. The van der Waals surface area contributed by atoms with Gasteiger partial charge in [0.25, 0.3) is 0 Å². The lowest BCUT2D eigenvalue weighted by molar-refractivity contribution is 0.126. The molecule has 0 bridgehead atoms. The molecule has 4 aromatic rings. The Hall–Kier alpha value is -2.13. The first-order valence-electron chi connectivity index (χ1n) is 7.89. The Balaban J connectivity index is 1.34. The summed E-state index contributed by atoms with van der Waals surface area (Å²) in [5, 5.41) is 11.7. The number of aromatic nitrogens is 3. The molecule has 27 heavy (non-hydrogen) atoms. The third-order valence-electron chi connectivity index (χ3n) is 3.75. The van der Waals surface area contributed by atoms with Gasteiger partial charge in [-0.2, -0.15) is 0 Å². The summed E-state index contributed by atoms with van der Waals surface area (Å²) in [6.45, 7) is 0.0883. The van der Waals surface area contributed by atoms with E-state index in [0.717, 1.165) is 5.52 Å². The van der Waals surface area contributed by atoms with Gasteiger partial charge in [0.2, 0.25) is 0 Å². The second kappa shape index (κ2) is 7.47. The molecule has 2 heterocycles. The van der Waals surface area contributed by atoms with Crippen LogP contribution in [0.2, 0.25) is 10.0 Å². The molecule has 2 aromatic heterocycles. The Morgan fingerprint density at radius 1 is 1.19 bits per heavy atom. The monoisotopic (exact) mass is 425 g/mol. The first kappa shape index (κ1) is 18.2. The van der Waals surface area contributed by atoms with Gasteiger partial charge in [-0.3, -0.25) is 4.98 Å². The minimum atomic E-state index is -0.718. The minimum Gasteiger partial charge on any atom is -0.491 e. The Morgan fingerprint density at radius 3 is 2.85 bits per heavy atom. The van der Waals surface area contributed by atoms with Gasteiger partial charge in [0.15, 0.2) is 10.7 Å². The van der Waals surface area contributed by atoms with E-state index in [0.29, 0.717) is 43.3 Å². The minimum absolute atomic E-state index is 0.0883. The maximum Gasteiger partial charge on any atom is 0.417 e. The van der Waals surface area contributed by atoms with Gasteiger partial charge >= 0.3 is 5.76 Å². The molecule has 0 amide bonds. The Labute approximate surface area is 166 Å². The Bertz CT molecular complexity index is 1130. The summed E-state index contributed by atoms with van der Waals surface area (Å²) in [6, 6.07) is 8.38. The molecule has 1 unspecified atom stereocenters. The molecule has 0 aliphatic rings. The average molecular weight is 426 g/mol. The maximum absolute atomic E-state index is 11.2. The van der Waals surface area contributed by atoms with Crippen LogP contribution in [0.1, 0.15) is 0 Å². The highest BCUT2D eigenvalue weighted by molar-refractivity contribution is 7.99. The molecule has 10 heteroatoms. The number of aliphatic hydroxyl groups excluding tert-OH is 1. The molecular formula is C17H13Cl2N3O4S. The third-order valence-corrected chi connectivity index (χ3v) is 5.49. The van der Waals surface area contributed by atoms with Crippen LogP contribution in [0, 0.1) is 0 Å². The van der Waals surface area contributed by atoms with Gasteiger partial charge in [-0.15, -0.1) is 0 Å². The van der Waals surface area contributed by atoms with E-state index >= 15 is 0 Å². The number of hydrogen-bond donors (Lipinski definition) is 3. The highest BCUT2D eigenvalue weighted by Crippen LogP contribution is 2.28. The zero-order chi connectivity index (χ0) is 19.0. The van der Waals surface area contributed by atoms with Crippen molar-refractivity contribution >= 4 is 57.1 Å². The van der Waals surface area contributed by atoms with E-state index in [1.807, 2.05) is 0 Å². The van der Waals surface area contributed by atoms with Gasteiger partial charge in [0.1, 0.15) is 12.4 Å². The molecule has 0 spiro atoms. The van der Waals surface area contributed by atoms with Crippen molar-refractivity contribution in [2.45, 2.75) is 11.3 Å². The van der Waals surface area contributed by atoms with Crippen molar-refractivity contribution in [1.29, 1.82) is 0 Å². The van der Waals surface area contributed by atoms with Crippen LogP contribution in [-0.4, -0.2) is 38.5 Å². The lowest BCUT2D eigenvalue weighted by Crippen LogP contribution is -2.20. The summed E-state index contributed by atoms with van der Waals surface area (Å²) in [6.07, 6.45) is -0.718. The van der Waals surface area contributed by atoms with Crippen molar-refractivity contribution in [3.8, 4) is 5.75 Å². The van der Waals surface area contributed by atoms with E-state index in [2.05, 4.69) is 15.0 Å². The number of aliphatic hydroxyl groups is 1. The molecule has 3 N–H and O–H groups in total. The fraction of sp³-hybridized carbons (Fsp3) is 0.176. The Kier molecular flexibility index (Phi) is 5.05. The molecule has 0 radical (unpaired) electrons. The number of fused-ring (bicyclic) bond motifs is 2. The van der Waals surface area contributed by atoms with E-state index in [-0.39, 0.29) is 6.61 Å². The number of nitrogens with zero attached hydrogens (tertiary/aromatic N) is 1. The van der Waals surface area contributed by atoms with Crippen LogP contribution < -0.4 is 10.5 Å². The second-order valence-electron chi connectivity index (χ2n) is 5.77. The Morgan fingerprint density at radius 2 is 2.00 bits per heavy atom. The largest absolute Gasteiger partial charge is 0.491 e. The smallest absolute Gasteiger partial charge is 0.417 e. The molecule has 1 atom stereocenters. The summed E-state index contributed by atoms with van der Waals surface area (Å²) in [5.41, 5.74) is 2.48. The van der Waals surface area contributed by atoms with E-state index in [4.69, 9.17) is 32.4 Å². The molecule has 0 aliphatic carbocycles. The summed E-state index contributed by atoms with van der Waals surface area (Å²) < 4.78 is 10.5. The normalized spacial score (nSPS) is 12.7. The molecule has 0 saturated carbocycles. The van der Waals surface area contributed by atoms with Gasteiger partial charge in [0.05, 0.1) is 32.7 Å². The van der Waals surface area contributed by atoms with Crippen LogP contribution in [0.4, 0.5) is 0 Å². The SMILES string of the molecule is O=c1[nH]c2ccc(OCC(O)CSc3nc4cc(Cl)c(Cl)cc4[nH]3)cc2o1. The van der Waals surface area contributed by atoms with Gasteiger partial charge in [-0.25, -0.2) is 9.78 Å². The van der Waals surface area contributed by atoms with Gasteiger partial charge in [-0.05, 0) is 24.3 Å². The molecular weight excluding hydrogens is 413 g/mol. The van der Waals surface area contributed by atoms with Gasteiger partial charge in [-0.1, -0.05) is 35.0 Å². The van der Waals surface area contributed by atoms with Crippen molar-refractivity contribution in [3.63, 3.8) is 0 Å². The summed E-state index contributed by atoms with van der Waals surface area (Å²) in [5.74, 6) is 0.359. The lowest BCUT2D eigenvalue weighted by atomic mass is 10.3. The average Bonchev–Trinajstić information content (AvgIpc) is 3.19. The predicted molar refractivity (Wildman–Crippen MR) is 105 cm³/mol. The number of rotatable bonds is 6. The van der Waals surface area contributed by atoms with E-state index in [1.165, 1.54) is 11.8 Å². The number of nitrogens with one attached hydrogen (secondary N) is 2. The number of halogens is 2. The number of oxazole rings is 1. The van der Waals surface area contributed by atoms with Crippen molar-refractivity contribution in [2.24, 2.45) is 0 Å². The van der Waals surface area contributed by atoms with Crippen LogP contribution in [0.25, 0.3) is 22.1 Å². The van der Waals surface area contributed by atoms with Gasteiger partial charge < -0.3 is 19.2 Å². The molecule has 2 aromatic carbocycles. The topological polar surface area (TPSA) is 104 Å². The van der Waals surface area contributed by atoms with Crippen molar-refractivity contribution in [3.05, 3.63) is 50.9 Å². The van der Waals surface area contributed by atoms with E-state index < -0.39 is 11.9 Å². The fourth-order valence-electron chi connectivity index (χ4n) is 2.48. The van der Waals surface area contributed by atoms with Gasteiger partial charge in [0, 0.05) is 11.8 Å². The highest BCUT2D eigenvalue weighted by atomic mass is 35.5. The molecule has 7 nitrogen and oxygen atoms in total. The van der Waals surface area contributed by atoms with Crippen LogP contribution in [0.5, 0.6) is 5.75 Å². The first-order valence-corrected chi connectivity index (χ1v) is 9.63. The van der Waals surface area contributed by atoms with Crippen LogP contribution in [0.15, 0.2) is 44.7 Å². The number of hydrogen-bond acceptors (Lipinski definition) is 6. The van der Waals surface area contributed by atoms with Crippen LogP contribution in [-0.2, 0) is 0 Å². The number of benzene rings is 2. The third kappa shape index (κ3) is 4.08. The number of imidazole rings is 1. The number of thioether (sulfide) groups is 1. The second-order valence-corrected chi connectivity index (χ2v) is 7.60. The number of ether oxygens (including phenoxy) is 1. The highest BCUT2D eigenvalue weighted by Gasteiger charge is 2.11. The standard InChI is InChI=1S/C17H13Cl2N3O4S/c18-10-4-13-14(5-11(10)19)21-16(20-13)27-7-8(23)6-25-9-1-2-12-15(3-9)26-17(24)22-12/h1-5,8,23H,6-7H2,(H,20,21)(H,22,24). The maximum atomic E-state index is 11.2. The zero-order valence-corrected chi connectivity index (χ0v) is 16.0. The first-order chi connectivity index (χ1) is 13.0. The van der Waals surface area contributed by atoms with E-state index in [9.17, 15) is 9.90 Å². The van der Waals surface area contributed by atoms with Crippen molar-refractivity contribution < 1.29 is 14.3 Å². The molecule has 0 saturated heterocycles. The molecule has 4 rings (SSSR count). The van der Waals surface area contributed by atoms with E-state index in [1.54, 1.807) is 30.3 Å².